The van der Waals surface area contributed by atoms with Crippen LogP contribution in [-0.4, -0.2) is 47.9 Å². The lowest BCUT2D eigenvalue weighted by atomic mass is 9.87. The molecule has 11 heteroatoms. The molecule has 0 saturated heterocycles. The summed E-state index contributed by atoms with van der Waals surface area (Å²) in [4.78, 5) is 35.6. The fraction of sp³-hybridized carbons (Fsp3) is 0.423. The first-order valence-electron chi connectivity index (χ1n) is 11.8. The molecule has 0 spiro atoms. The number of halogens is 4. The molecule has 0 unspecified atom stereocenters. The van der Waals surface area contributed by atoms with Gasteiger partial charge in [0.05, 0.1) is 12.0 Å². The lowest BCUT2D eigenvalue weighted by Crippen LogP contribution is -2.33. The zero-order chi connectivity index (χ0) is 27.0. The van der Waals surface area contributed by atoms with Crippen LogP contribution >= 0.6 is 0 Å². The van der Waals surface area contributed by atoms with E-state index in [-0.39, 0.29) is 36.3 Å². The Bertz CT molecular complexity index is 1070. The monoisotopic (exact) mass is 525 g/mol. The van der Waals surface area contributed by atoms with E-state index >= 15 is 0 Å². The smallest absolute Gasteiger partial charge is 0.461 e. The first-order chi connectivity index (χ1) is 17.5. The highest BCUT2D eigenvalue weighted by Gasteiger charge is 2.43. The maximum atomic E-state index is 12.9. The van der Waals surface area contributed by atoms with Crippen LogP contribution in [0.2, 0.25) is 0 Å². The van der Waals surface area contributed by atoms with Gasteiger partial charge in [-0.05, 0) is 80.6 Å². The summed E-state index contributed by atoms with van der Waals surface area (Å²) in [6, 6.07) is 11.0. The Kier molecular flexibility index (Phi) is 9.48. The first-order valence-corrected chi connectivity index (χ1v) is 11.8. The van der Waals surface area contributed by atoms with E-state index in [1.807, 2.05) is 0 Å². The SMILES string of the molecule is O=C(CCCNC(=O)c1ccc(OC(F)(F)C(F)F)cc1)c1ccc(OC2CCC(C(=O)O)CC2)cc1. The summed E-state index contributed by atoms with van der Waals surface area (Å²) in [5.41, 5.74) is 0.607. The molecule has 1 amide bonds. The van der Waals surface area contributed by atoms with Crippen LogP contribution in [0.4, 0.5) is 17.6 Å². The van der Waals surface area contributed by atoms with Gasteiger partial charge in [0, 0.05) is 24.1 Å². The fourth-order valence-electron chi connectivity index (χ4n) is 3.91. The molecular weight excluding hydrogens is 498 g/mol. The molecule has 0 radical (unpaired) electrons. The van der Waals surface area contributed by atoms with Crippen molar-refractivity contribution in [1.29, 1.82) is 0 Å². The lowest BCUT2D eigenvalue weighted by Gasteiger charge is -2.26. The van der Waals surface area contributed by atoms with E-state index in [0.29, 0.717) is 43.4 Å². The Hall–Kier alpha value is -3.63. The van der Waals surface area contributed by atoms with Gasteiger partial charge in [-0.3, -0.25) is 14.4 Å². The van der Waals surface area contributed by atoms with Crippen molar-refractivity contribution in [1.82, 2.24) is 5.32 Å². The number of hydrogen-bond donors (Lipinski definition) is 2. The average Bonchev–Trinajstić information content (AvgIpc) is 2.87. The summed E-state index contributed by atoms with van der Waals surface area (Å²) >= 11 is 0. The third-order valence-electron chi connectivity index (χ3n) is 5.99. The minimum atomic E-state index is -4.63. The van der Waals surface area contributed by atoms with Gasteiger partial charge in [0.1, 0.15) is 11.5 Å². The van der Waals surface area contributed by atoms with Gasteiger partial charge in [0.2, 0.25) is 0 Å². The zero-order valence-corrected chi connectivity index (χ0v) is 19.8. The van der Waals surface area contributed by atoms with E-state index in [9.17, 15) is 31.9 Å². The first kappa shape index (κ1) is 27.9. The Labute approximate surface area is 210 Å². The molecule has 37 heavy (non-hydrogen) atoms. The van der Waals surface area contributed by atoms with Crippen LogP contribution < -0.4 is 14.8 Å². The number of alkyl halides is 4. The van der Waals surface area contributed by atoms with Gasteiger partial charge < -0.3 is 19.9 Å². The number of Topliss-reactive ketones (excluding diaryl/α,β-unsaturated/α-hetero) is 1. The van der Waals surface area contributed by atoms with Gasteiger partial charge in [-0.1, -0.05) is 0 Å². The number of rotatable bonds is 12. The highest BCUT2D eigenvalue weighted by Crippen LogP contribution is 2.29. The molecular formula is C26H27F4NO6. The van der Waals surface area contributed by atoms with Crippen molar-refractivity contribution in [2.75, 3.05) is 6.54 Å². The number of carbonyl (C=O) groups is 3. The fourth-order valence-corrected chi connectivity index (χ4v) is 3.91. The second-order valence-electron chi connectivity index (χ2n) is 8.73. The molecule has 0 aliphatic heterocycles. The van der Waals surface area contributed by atoms with Gasteiger partial charge in [-0.2, -0.15) is 17.6 Å². The molecule has 3 rings (SSSR count). The molecule has 0 heterocycles. The molecule has 1 saturated carbocycles. The van der Waals surface area contributed by atoms with E-state index in [0.717, 1.165) is 12.1 Å². The molecule has 2 aromatic rings. The quantitative estimate of drug-likeness (QED) is 0.220. The molecule has 2 aromatic carbocycles. The molecule has 2 N–H and O–H groups in total. The molecule has 200 valence electrons. The molecule has 7 nitrogen and oxygen atoms in total. The summed E-state index contributed by atoms with van der Waals surface area (Å²) in [6.07, 6.45) is -5.66. The molecule has 1 aliphatic carbocycles. The largest absolute Gasteiger partial charge is 0.490 e. The number of carboxylic acids is 1. The van der Waals surface area contributed by atoms with Gasteiger partial charge >= 0.3 is 18.5 Å². The van der Waals surface area contributed by atoms with Crippen LogP contribution in [0, 0.1) is 5.92 Å². The van der Waals surface area contributed by atoms with Crippen LogP contribution in [0.3, 0.4) is 0 Å². The van der Waals surface area contributed by atoms with E-state index < -0.39 is 30.2 Å². The predicted molar refractivity (Wildman–Crippen MR) is 124 cm³/mol. The number of aliphatic carboxylic acids is 1. The number of ether oxygens (including phenoxy) is 2. The van der Waals surface area contributed by atoms with E-state index in [1.165, 1.54) is 12.1 Å². The number of nitrogens with one attached hydrogen (secondary N) is 1. The highest BCUT2D eigenvalue weighted by molar-refractivity contribution is 5.96. The van der Waals surface area contributed by atoms with E-state index in [4.69, 9.17) is 9.84 Å². The maximum Gasteiger partial charge on any atom is 0.461 e. The van der Waals surface area contributed by atoms with E-state index in [1.54, 1.807) is 24.3 Å². The Morgan fingerprint density at radius 2 is 1.49 bits per heavy atom. The maximum absolute atomic E-state index is 12.9. The molecule has 1 aliphatic rings. The van der Waals surface area contributed by atoms with Crippen LogP contribution in [0.15, 0.2) is 48.5 Å². The molecule has 0 atom stereocenters. The van der Waals surface area contributed by atoms with Crippen molar-refractivity contribution >= 4 is 17.7 Å². The number of benzene rings is 2. The normalized spacial score (nSPS) is 17.8. The Balaban J connectivity index is 1.38. The minimum absolute atomic E-state index is 0.0527. The average molecular weight is 525 g/mol. The summed E-state index contributed by atoms with van der Waals surface area (Å²) in [7, 11) is 0. The second-order valence-corrected chi connectivity index (χ2v) is 8.73. The van der Waals surface area contributed by atoms with Crippen molar-refractivity contribution in [2.24, 2.45) is 5.92 Å². The summed E-state index contributed by atoms with van der Waals surface area (Å²) in [5.74, 6) is -1.63. The number of carboxylic acid groups (broad SMARTS) is 1. The summed E-state index contributed by atoms with van der Waals surface area (Å²) in [5, 5.41) is 11.7. The minimum Gasteiger partial charge on any atom is -0.490 e. The predicted octanol–water partition coefficient (Wildman–Crippen LogP) is 5.34. The van der Waals surface area contributed by atoms with E-state index in [2.05, 4.69) is 10.1 Å². The Morgan fingerprint density at radius 1 is 0.919 bits per heavy atom. The summed E-state index contributed by atoms with van der Waals surface area (Å²) < 4.78 is 60.1. The molecule has 1 fully saturated rings. The number of ketones is 1. The standard InChI is InChI=1S/C26H27F4NO6/c27-25(28)26(29,30)37-21-13-5-17(6-14-21)23(33)31-15-1-2-22(32)16-3-9-19(10-4-16)36-20-11-7-18(8-12-20)24(34)35/h3-6,9-10,13-14,18,20,25H,1-2,7-8,11-12,15H2,(H,31,33)(H,34,35). The van der Waals surface area contributed by atoms with Crippen LogP contribution in [0.1, 0.15) is 59.2 Å². The van der Waals surface area contributed by atoms with Gasteiger partial charge in [0.25, 0.3) is 5.91 Å². The van der Waals surface area contributed by atoms with Gasteiger partial charge in [-0.15, -0.1) is 0 Å². The number of hydrogen-bond acceptors (Lipinski definition) is 5. The summed E-state index contributed by atoms with van der Waals surface area (Å²) in [6.45, 7) is 0.187. The molecule has 0 aromatic heterocycles. The van der Waals surface area contributed by atoms with Crippen LogP contribution in [-0.2, 0) is 4.79 Å². The lowest BCUT2D eigenvalue weighted by molar-refractivity contribution is -0.253. The third-order valence-corrected chi connectivity index (χ3v) is 5.99. The van der Waals surface area contributed by atoms with Crippen molar-refractivity contribution in [3.05, 3.63) is 59.7 Å². The van der Waals surface area contributed by atoms with Crippen LogP contribution in [0.25, 0.3) is 0 Å². The van der Waals surface area contributed by atoms with Crippen molar-refractivity contribution in [3.63, 3.8) is 0 Å². The molecule has 0 bridgehead atoms. The van der Waals surface area contributed by atoms with Crippen molar-refractivity contribution in [2.45, 2.75) is 57.2 Å². The highest BCUT2D eigenvalue weighted by atomic mass is 19.3. The van der Waals surface area contributed by atoms with Crippen molar-refractivity contribution < 1.29 is 46.5 Å². The van der Waals surface area contributed by atoms with Crippen molar-refractivity contribution in [3.8, 4) is 11.5 Å². The third kappa shape index (κ3) is 8.19. The van der Waals surface area contributed by atoms with Crippen LogP contribution in [0.5, 0.6) is 11.5 Å². The van der Waals surface area contributed by atoms with Gasteiger partial charge in [0.15, 0.2) is 5.78 Å². The number of carbonyl (C=O) groups excluding carboxylic acids is 2. The topological polar surface area (TPSA) is 102 Å². The zero-order valence-electron chi connectivity index (χ0n) is 19.8. The Morgan fingerprint density at radius 3 is 2.05 bits per heavy atom. The van der Waals surface area contributed by atoms with Gasteiger partial charge in [-0.25, -0.2) is 0 Å². The second kappa shape index (κ2) is 12.6. The number of amides is 1.